The van der Waals surface area contributed by atoms with Crippen LogP contribution in [-0.4, -0.2) is 73.4 Å². The second-order valence-corrected chi connectivity index (χ2v) is 7.63. The van der Waals surface area contributed by atoms with E-state index in [-0.39, 0.29) is 18.2 Å². The van der Waals surface area contributed by atoms with Gasteiger partial charge in [-0.05, 0) is 37.7 Å². The normalized spacial score (nSPS) is 24.1. The maximum atomic E-state index is 12.7. The summed E-state index contributed by atoms with van der Waals surface area (Å²) < 4.78 is 11.2. The Bertz CT molecular complexity index is 648. The number of nitrogens with zero attached hydrogens (tertiary/aromatic N) is 4. The summed E-state index contributed by atoms with van der Waals surface area (Å²) in [6.07, 6.45) is 6.28. The highest BCUT2D eigenvalue weighted by atomic mass is 16.5. The third kappa shape index (κ3) is 4.50. The van der Waals surface area contributed by atoms with Crippen molar-refractivity contribution in [1.29, 1.82) is 0 Å². The molecule has 8 nitrogen and oxygen atoms in total. The number of nitrogens with one attached hydrogen (secondary N) is 1. The van der Waals surface area contributed by atoms with Crippen molar-refractivity contribution < 1.29 is 14.3 Å². The van der Waals surface area contributed by atoms with Crippen LogP contribution in [0.15, 0.2) is 12.3 Å². The molecule has 2 amide bonds. The third-order valence-electron chi connectivity index (χ3n) is 5.58. The predicted octanol–water partition coefficient (Wildman–Crippen LogP) is 1.58. The molecule has 4 rings (SSSR count). The first-order chi connectivity index (χ1) is 13.2. The van der Waals surface area contributed by atoms with E-state index in [1.165, 1.54) is 25.7 Å². The molecular formula is C19H29N5O3. The van der Waals surface area contributed by atoms with Crippen molar-refractivity contribution in [3.8, 4) is 0 Å². The molecule has 1 saturated carbocycles. The molecule has 3 fully saturated rings. The minimum atomic E-state index is -0.212. The fourth-order valence-electron chi connectivity index (χ4n) is 3.85. The van der Waals surface area contributed by atoms with Crippen molar-refractivity contribution in [3.05, 3.63) is 18.0 Å². The van der Waals surface area contributed by atoms with Crippen LogP contribution in [0, 0.1) is 5.92 Å². The van der Waals surface area contributed by atoms with Gasteiger partial charge in [0.15, 0.2) is 0 Å². The Morgan fingerprint density at radius 3 is 2.93 bits per heavy atom. The Morgan fingerprint density at radius 2 is 2.19 bits per heavy atom. The minimum absolute atomic E-state index is 0.0360. The molecule has 1 aromatic rings. The zero-order valence-corrected chi connectivity index (χ0v) is 16.0. The van der Waals surface area contributed by atoms with Crippen LogP contribution in [0.25, 0.3) is 0 Å². The van der Waals surface area contributed by atoms with Gasteiger partial charge in [-0.1, -0.05) is 0 Å². The molecule has 0 bridgehead atoms. The molecule has 8 heteroatoms. The molecule has 3 aliphatic rings. The molecule has 2 atom stereocenters. The summed E-state index contributed by atoms with van der Waals surface area (Å²) >= 11 is 0. The van der Waals surface area contributed by atoms with Crippen LogP contribution in [0.5, 0.6) is 0 Å². The van der Waals surface area contributed by atoms with Crippen LogP contribution >= 0.6 is 0 Å². The SMILES string of the molecule is COC[C@@H](NC(=O)N1CCO[C@@H](c2ccnc(N3CCCC3)n2)C1)C1CC1. The van der Waals surface area contributed by atoms with Crippen LogP contribution in [0.1, 0.15) is 37.5 Å². The van der Waals surface area contributed by atoms with Gasteiger partial charge in [-0.15, -0.1) is 0 Å². The number of carbonyl (C=O) groups excluding carboxylic acids is 1. The third-order valence-corrected chi connectivity index (χ3v) is 5.58. The highest BCUT2D eigenvalue weighted by molar-refractivity contribution is 5.74. The topological polar surface area (TPSA) is 79.8 Å². The van der Waals surface area contributed by atoms with Crippen molar-refractivity contribution in [2.24, 2.45) is 5.92 Å². The van der Waals surface area contributed by atoms with Gasteiger partial charge in [0.1, 0.15) is 6.10 Å². The van der Waals surface area contributed by atoms with E-state index in [4.69, 9.17) is 14.5 Å². The van der Waals surface area contributed by atoms with Crippen LogP contribution in [0.4, 0.5) is 10.7 Å². The number of hydrogen-bond acceptors (Lipinski definition) is 6. The standard InChI is InChI=1S/C19H29N5O3/c1-26-13-16(14-4-5-14)22-19(25)24-10-11-27-17(12-24)15-6-7-20-18(21-15)23-8-2-3-9-23/h6-7,14,16-17H,2-5,8-13H2,1H3,(H,22,25)/t16-,17-/m1/s1. The molecule has 148 valence electrons. The van der Waals surface area contributed by atoms with Crippen molar-refractivity contribution in [1.82, 2.24) is 20.2 Å². The van der Waals surface area contributed by atoms with Gasteiger partial charge >= 0.3 is 6.03 Å². The fourth-order valence-corrected chi connectivity index (χ4v) is 3.85. The molecule has 0 radical (unpaired) electrons. The van der Waals surface area contributed by atoms with Crippen molar-refractivity contribution in [2.45, 2.75) is 37.8 Å². The number of morpholine rings is 1. The van der Waals surface area contributed by atoms with E-state index in [0.717, 1.165) is 24.7 Å². The largest absolute Gasteiger partial charge is 0.383 e. The number of aromatic nitrogens is 2. The van der Waals surface area contributed by atoms with Crippen molar-refractivity contribution >= 4 is 12.0 Å². The lowest BCUT2D eigenvalue weighted by Crippen LogP contribution is -2.51. The van der Waals surface area contributed by atoms with Gasteiger partial charge in [0.25, 0.3) is 0 Å². The van der Waals surface area contributed by atoms with Gasteiger partial charge in [-0.25, -0.2) is 14.8 Å². The van der Waals surface area contributed by atoms with Crippen LogP contribution in [0.2, 0.25) is 0 Å². The number of urea groups is 1. The molecule has 3 heterocycles. The number of ether oxygens (including phenoxy) is 2. The van der Waals surface area contributed by atoms with E-state index in [1.807, 2.05) is 11.0 Å². The molecule has 1 aliphatic carbocycles. The second kappa shape index (κ2) is 8.39. The lowest BCUT2D eigenvalue weighted by Gasteiger charge is -2.34. The van der Waals surface area contributed by atoms with Gasteiger partial charge in [-0.3, -0.25) is 0 Å². The van der Waals surface area contributed by atoms with E-state index in [0.29, 0.717) is 32.2 Å². The predicted molar refractivity (Wildman–Crippen MR) is 101 cm³/mol. The second-order valence-electron chi connectivity index (χ2n) is 7.63. The maximum absolute atomic E-state index is 12.7. The average Bonchev–Trinajstić information content (AvgIpc) is 3.41. The quantitative estimate of drug-likeness (QED) is 0.813. The molecule has 0 unspecified atom stereocenters. The molecule has 27 heavy (non-hydrogen) atoms. The summed E-state index contributed by atoms with van der Waals surface area (Å²) in [5.74, 6) is 1.32. The van der Waals surface area contributed by atoms with E-state index >= 15 is 0 Å². The average molecular weight is 375 g/mol. The summed E-state index contributed by atoms with van der Waals surface area (Å²) in [6, 6.07) is 1.96. The minimum Gasteiger partial charge on any atom is -0.383 e. The highest BCUT2D eigenvalue weighted by Crippen LogP contribution is 2.33. The molecular weight excluding hydrogens is 346 g/mol. The fraction of sp³-hybridized carbons (Fsp3) is 0.737. The zero-order chi connectivity index (χ0) is 18.6. The summed E-state index contributed by atoms with van der Waals surface area (Å²) in [7, 11) is 1.68. The van der Waals surface area contributed by atoms with Crippen molar-refractivity contribution in [2.75, 3.05) is 51.4 Å². The number of rotatable bonds is 6. The number of anilines is 1. The monoisotopic (exact) mass is 375 g/mol. The highest BCUT2D eigenvalue weighted by Gasteiger charge is 2.34. The smallest absolute Gasteiger partial charge is 0.317 e. The van der Waals surface area contributed by atoms with E-state index in [2.05, 4.69) is 15.2 Å². The van der Waals surface area contributed by atoms with Crippen LogP contribution in [0.3, 0.4) is 0 Å². The zero-order valence-electron chi connectivity index (χ0n) is 16.0. The van der Waals surface area contributed by atoms with E-state index in [1.54, 1.807) is 13.3 Å². The van der Waals surface area contributed by atoms with Crippen molar-refractivity contribution in [3.63, 3.8) is 0 Å². The summed E-state index contributed by atoms with van der Waals surface area (Å²) in [5, 5.41) is 3.14. The molecule has 0 aromatic carbocycles. The summed E-state index contributed by atoms with van der Waals surface area (Å²) in [4.78, 5) is 25.9. The number of carbonyl (C=O) groups is 1. The van der Waals surface area contributed by atoms with Gasteiger partial charge in [0.2, 0.25) is 5.95 Å². The van der Waals surface area contributed by atoms with Gasteiger partial charge in [-0.2, -0.15) is 0 Å². The van der Waals surface area contributed by atoms with Gasteiger partial charge in [0.05, 0.1) is 31.5 Å². The maximum Gasteiger partial charge on any atom is 0.317 e. The first-order valence-electron chi connectivity index (χ1n) is 9.98. The van der Waals surface area contributed by atoms with Crippen LogP contribution in [-0.2, 0) is 9.47 Å². The summed E-state index contributed by atoms with van der Waals surface area (Å²) in [5.41, 5.74) is 0.847. The Balaban J connectivity index is 1.38. The Hall–Kier alpha value is -1.93. The molecule has 2 saturated heterocycles. The Kier molecular flexibility index (Phi) is 5.73. The van der Waals surface area contributed by atoms with Crippen LogP contribution < -0.4 is 10.2 Å². The van der Waals surface area contributed by atoms with E-state index < -0.39 is 0 Å². The molecule has 0 spiro atoms. The first-order valence-corrected chi connectivity index (χ1v) is 9.98. The molecule has 2 aliphatic heterocycles. The molecule has 1 aromatic heterocycles. The first kappa shape index (κ1) is 18.4. The number of amides is 2. The number of hydrogen-bond donors (Lipinski definition) is 1. The van der Waals surface area contributed by atoms with Gasteiger partial charge in [0, 0.05) is 32.9 Å². The van der Waals surface area contributed by atoms with Gasteiger partial charge < -0.3 is 24.6 Å². The lowest BCUT2D eigenvalue weighted by atomic mass is 10.2. The van der Waals surface area contributed by atoms with E-state index in [9.17, 15) is 4.79 Å². The summed E-state index contributed by atoms with van der Waals surface area (Å²) in [6.45, 7) is 4.19. The Morgan fingerprint density at radius 1 is 1.37 bits per heavy atom. The molecule has 1 N–H and O–H groups in total. The lowest BCUT2D eigenvalue weighted by molar-refractivity contribution is -0.0184. The number of methoxy groups -OCH3 is 1. The Labute approximate surface area is 160 Å².